The minimum Gasteiger partial charge on any atom is -0.463 e. The molecule has 0 bridgehead atoms. The highest BCUT2D eigenvalue weighted by Gasteiger charge is 2.51. The zero-order chi connectivity index (χ0) is 67.6. The first-order chi connectivity index (χ1) is 45.7. The lowest BCUT2D eigenvalue weighted by Gasteiger charge is -2.42. The fraction of sp³-hybridized carbons (Fsp3) is 0.714. The van der Waals surface area contributed by atoms with Gasteiger partial charge in [-0.2, -0.15) is 0 Å². The van der Waals surface area contributed by atoms with Gasteiger partial charge in [0.05, 0.1) is 43.9 Å². The van der Waals surface area contributed by atoms with Crippen LogP contribution in [0.5, 0.6) is 11.5 Å². The third-order valence-corrected chi connectivity index (χ3v) is 20.7. The number of nitrogens with one attached hydrogen (secondary N) is 1. The van der Waals surface area contributed by atoms with Crippen molar-refractivity contribution in [2.24, 2.45) is 5.92 Å². The molecule has 0 aliphatic carbocycles. The van der Waals surface area contributed by atoms with Gasteiger partial charge in [-0.15, -0.1) is 0 Å². The minimum absolute atomic E-state index is 0.0149. The Labute approximate surface area is 569 Å². The number of para-hydroxylation sites is 2. The molecule has 15 nitrogen and oxygen atoms in total. The molecule has 1 saturated heterocycles. The van der Waals surface area contributed by atoms with Gasteiger partial charge in [0, 0.05) is 14.7 Å². The normalized spacial score (nSPS) is 16.4. The topological polar surface area (TPSA) is 180 Å². The van der Waals surface area contributed by atoms with E-state index in [0.29, 0.717) is 25.9 Å². The van der Waals surface area contributed by atoms with Crippen LogP contribution in [-0.2, 0) is 63.3 Å². The first-order valence-corrected chi connectivity index (χ1v) is 42.3. The van der Waals surface area contributed by atoms with Gasteiger partial charge in [0.2, 0.25) is 5.91 Å². The third-order valence-electron chi connectivity index (χ3n) is 17.6. The van der Waals surface area contributed by atoms with Gasteiger partial charge in [-0.05, 0) is 55.1 Å². The monoisotopic (exact) mass is 1350 g/mol. The van der Waals surface area contributed by atoms with Crippen LogP contribution < -0.4 is 14.4 Å². The van der Waals surface area contributed by atoms with Crippen molar-refractivity contribution in [1.29, 1.82) is 0 Å². The summed E-state index contributed by atoms with van der Waals surface area (Å²) in [6.45, 7) is 13.6. The van der Waals surface area contributed by atoms with Crippen molar-refractivity contribution in [1.82, 2.24) is 5.32 Å². The summed E-state index contributed by atoms with van der Waals surface area (Å²) in [5.41, 5.74) is 0.808. The van der Waals surface area contributed by atoms with Crippen molar-refractivity contribution < 1.29 is 65.7 Å². The Morgan fingerprint density at radius 3 is 1.43 bits per heavy atom. The second-order valence-electron chi connectivity index (χ2n) is 27.4. The quantitative estimate of drug-likeness (QED) is 0.0141. The molecule has 3 aromatic carbocycles. The predicted molar refractivity (Wildman–Crippen MR) is 381 cm³/mol. The van der Waals surface area contributed by atoms with Crippen LogP contribution in [0, 0.1) is 5.92 Å². The van der Waals surface area contributed by atoms with E-state index < -0.39 is 76.8 Å². The largest absolute Gasteiger partial charge is 0.588 e. The molecule has 94 heavy (non-hydrogen) atoms. The molecular formula is C77H126NO14PSi. The molecule has 0 radical (unpaired) electrons. The highest BCUT2D eigenvalue weighted by Crippen LogP contribution is 2.52. The first kappa shape index (κ1) is 81.9. The highest BCUT2D eigenvalue weighted by atomic mass is 31.2. The van der Waals surface area contributed by atoms with Crippen LogP contribution in [0.1, 0.15) is 264 Å². The molecule has 1 aliphatic heterocycles. The SMILES string of the molecule is CCCCCCCCCCCCCCC(CCCCCCCCCCCC)C(=O)O[C@H]1[C@H](OP(=O)(Oc2ccccc2)Oc2ccccc2)[C@@H](COC(=O)CCC(=O)OCc2ccccc2)OC[C@@H]1NC(=O)C[C@@H](CCCCCCCCCCC)OCOCC[Si](C)(C)C. The van der Waals surface area contributed by atoms with E-state index in [1.807, 2.05) is 30.3 Å². The number of hydrogen-bond acceptors (Lipinski definition) is 14. The Balaban J connectivity index is 1.68. The molecule has 1 aliphatic rings. The summed E-state index contributed by atoms with van der Waals surface area (Å²) in [4.78, 5) is 56.7. The lowest BCUT2D eigenvalue weighted by Crippen LogP contribution is -2.62. The van der Waals surface area contributed by atoms with Crippen molar-refractivity contribution in [3.8, 4) is 11.5 Å². The maximum atomic E-state index is 15.6. The van der Waals surface area contributed by atoms with E-state index >= 15 is 9.36 Å². The van der Waals surface area contributed by atoms with E-state index in [-0.39, 0.29) is 56.7 Å². The van der Waals surface area contributed by atoms with E-state index in [1.165, 1.54) is 128 Å². The van der Waals surface area contributed by atoms with Gasteiger partial charge in [0.25, 0.3) is 0 Å². The second kappa shape index (κ2) is 51.6. The van der Waals surface area contributed by atoms with Crippen LogP contribution in [0.4, 0.5) is 0 Å². The van der Waals surface area contributed by atoms with Gasteiger partial charge in [0.1, 0.15) is 43.7 Å². The van der Waals surface area contributed by atoms with Crippen LogP contribution in [0.15, 0.2) is 91.0 Å². The summed E-state index contributed by atoms with van der Waals surface area (Å²) < 4.78 is 71.9. The number of unbranched alkanes of at least 4 members (excludes halogenated alkanes) is 28. The van der Waals surface area contributed by atoms with Crippen LogP contribution in [0.25, 0.3) is 0 Å². The molecule has 0 aromatic heterocycles. The molecule has 3 aromatic rings. The average molecular weight is 1350 g/mol. The summed E-state index contributed by atoms with van der Waals surface area (Å²) >= 11 is 0. The maximum Gasteiger partial charge on any atom is 0.588 e. The molecular weight excluding hydrogens is 1220 g/mol. The van der Waals surface area contributed by atoms with Crippen LogP contribution in [0.2, 0.25) is 25.7 Å². The van der Waals surface area contributed by atoms with Gasteiger partial charge in [0.15, 0.2) is 6.10 Å². The highest BCUT2D eigenvalue weighted by molar-refractivity contribution is 7.49. The summed E-state index contributed by atoms with van der Waals surface area (Å²) in [7, 11) is -6.19. The van der Waals surface area contributed by atoms with E-state index in [0.717, 1.165) is 82.2 Å². The molecule has 17 heteroatoms. The van der Waals surface area contributed by atoms with Gasteiger partial charge in [-0.25, -0.2) is 4.57 Å². The molecule has 1 unspecified atom stereocenters. The molecule has 4 rings (SSSR count). The molecule has 0 spiro atoms. The van der Waals surface area contributed by atoms with Crippen molar-refractivity contribution in [3.05, 3.63) is 96.6 Å². The van der Waals surface area contributed by atoms with Gasteiger partial charge >= 0.3 is 25.7 Å². The number of carbonyl (C=O) groups is 4. The average Bonchev–Trinajstić information content (AvgIpc) is 0.793. The minimum atomic E-state index is -4.82. The number of esters is 3. The Hall–Kier alpha value is -4.57. The summed E-state index contributed by atoms with van der Waals surface area (Å²) in [6.07, 6.45) is 32.9. The fourth-order valence-corrected chi connectivity index (χ4v) is 14.0. The number of phosphoric ester groups is 1. The molecule has 0 saturated carbocycles. The lowest BCUT2D eigenvalue weighted by molar-refractivity contribution is -0.195. The number of amides is 1. The van der Waals surface area contributed by atoms with Gasteiger partial charge in [-0.1, -0.05) is 306 Å². The van der Waals surface area contributed by atoms with Crippen LogP contribution in [0.3, 0.4) is 0 Å². The smallest absolute Gasteiger partial charge is 0.463 e. The second-order valence-corrected chi connectivity index (χ2v) is 34.5. The number of benzene rings is 3. The Kier molecular flexibility index (Phi) is 45.0. The third kappa shape index (κ3) is 39.6. The maximum absolute atomic E-state index is 15.6. The van der Waals surface area contributed by atoms with Gasteiger partial charge < -0.3 is 42.8 Å². The summed E-state index contributed by atoms with van der Waals surface area (Å²) in [5, 5.41) is 3.17. The van der Waals surface area contributed by atoms with Crippen LogP contribution >= 0.6 is 7.82 Å². The molecule has 1 fully saturated rings. The fourth-order valence-electron chi connectivity index (χ4n) is 11.8. The van der Waals surface area contributed by atoms with E-state index in [4.69, 9.17) is 42.0 Å². The van der Waals surface area contributed by atoms with Crippen LogP contribution in [-0.4, -0.2) is 89.0 Å². The molecule has 1 amide bonds. The number of phosphoric acid groups is 1. The number of hydrogen-bond donors (Lipinski definition) is 1. The zero-order valence-electron chi connectivity index (χ0n) is 59.2. The standard InChI is InChI=1S/C77H126NO14PSi/c1-7-10-13-16-19-22-24-25-28-30-33-41-50-66(49-40-32-29-27-23-20-17-14-11-8-2)77(82)89-75-70(78-72(79)60-69(88-64-84-58-59-94(4,5)6)55-42-34-31-26-21-18-15-12-9-3)62-85-71(63-87-74(81)57-56-73(80)86-61-65-47-38-35-39-48-65)76(75)92-93(83,90-67-51-43-36-44-52-67)91-68-53-45-37-46-54-68/h35-39,43-48,51-54,66,69-71,75-76H,7-34,40-42,49-50,55-64H2,1-6H3,(H,78,79)/t66?,69-,70+,71-,75-,76-/m1/s1. The zero-order valence-corrected chi connectivity index (χ0v) is 61.1. The summed E-state index contributed by atoms with van der Waals surface area (Å²) in [5.74, 6) is -2.30. The number of ether oxygens (including phenoxy) is 6. The van der Waals surface area contributed by atoms with Gasteiger partial charge in [-0.3, -0.25) is 23.7 Å². The first-order valence-electron chi connectivity index (χ1n) is 37.1. The van der Waals surface area contributed by atoms with Crippen molar-refractivity contribution in [2.45, 2.75) is 321 Å². The van der Waals surface area contributed by atoms with E-state index in [1.54, 1.807) is 60.7 Å². The van der Waals surface area contributed by atoms with Crippen molar-refractivity contribution in [3.63, 3.8) is 0 Å². The summed E-state index contributed by atoms with van der Waals surface area (Å²) in [6, 6.07) is 26.1. The number of carbonyl (C=O) groups excluding carboxylic acids is 4. The van der Waals surface area contributed by atoms with Crippen molar-refractivity contribution >= 4 is 39.7 Å². The lowest BCUT2D eigenvalue weighted by atomic mass is 9.93. The Morgan fingerprint density at radius 1 is 0.543 bits per heavy atom. The van der Waals surface area contributed by atoms with E-state index in [2.05, 4.69) is 45.7 Å². The molecule has 532 valence electrons. The molecule has 1 N–H and O–H groups in total. The predicted octanol–water partition coefficient (Wildman–Crippen LogP) is 20.5. The number of rotatable bonds is 58. The Morgan fingerprint density at radius 2 is 0.968 bits per heavy atom. The Bertz CT molecular complexity index is 2390. The van der Waals surface area contributed by atoms with Crippen molar-refractivity contribution in [2.75, 3.05) is 26.6 Å². The van der Waals surface area contributed by atoms with E-state index in [9.17, 15) is 14.4 Å². The molecule has 6 atom stereocenters. The molecule has 1 heterocycles.